The predicted octanol–water partition coefficient (Wildman–Crippen LogP) is 5.16. The van der Waals surface area contributed by atoms with Crippen LogP contribution in [-0.2, 0) is 0 Å². The van der Waals surface area contributed by atoms with Gasteiger partial charge in [-0.05, 0) is 69.3 Å². The van der Waals surface area contributed by atoms with Crippen molar-refractivity contribution in [3.05, 3.63) is 65.9 Å². The molecule has 2 heterocycles. The molecular weight excluding hydrogens is 364 g/mol. The van der Waals surface area contributed by atoms with E-state index in [9.17, 15) is 0 Å². The molecule has 6 nitrogen and oxygen atoms in total. The molecule has 0 fully saturated rings. The van der Waals surface area contributed by atoms with E-state index in [1.54, 1.807) is 7.11 Å². The van der Waals surface area contributed by atoms with Crippen LogP contribution < -0.4 is 14.8 Å². The maximum atomic E-state index is 5.52. The Morgan fingerprint density at radius 3 is 2.31 bits per heavy atom. The van der Waals surface area contributed by atoms with Crippen LogP contribution in [-0.4, -0.2) is 28.3 Å². The molecule has 0 bridgehead atoms. The maximum absolute atomic E-state index is 5.52. The Morgan fingerprint density at radius 1 is 0.966 bits per heavy atom. The largest absolute Gasteiger partial charge is 0.497 e. The molecule has 6 heteroatoms. The SMILES string of the molecule is CCOc1ccc(Nc2cc(C)nc3c(C)c(-c4ccc(OC)cc4)nn23)cc1. The van der Waals surface area contributed by atoms with Crippen molar-refractivity contribution < 1.29 is 9.47 Å². The first kappa shape index (κ1) is 18.8. The second kappa shape index (κ2) is 7.83. The molecule has 0 amide bonds. The molecule has 4 aromatic rings. The lowest BCUT2D eigenvalue weighted by Gasteiger charge is -2.10. The Morgan fingerprint density at radius 2 is 1.66 bits per heavy atom. The van der Waals surface area contributed by atoms with Gasteiger partial charge in [-0.25, -0.2) is 4.98 Å². The van der Waals surface area contributed by atoms with Crippen LogP contribution in [0.4, 0.5) is 11.5 Å². The smallest absolute Gasteiger partial charge is 0.161 e. The summed E-state index contributed by atoms with van der Waals surface area (Å²) in [5.74, 6) is 2.53. The molecule has 0 atom stereocenters. The van der Waals surface area contributed by atoms with Crippen LogP contribution >= 0.6 is 0 Å². The Kier molecular flexibility index (Phi) is 5.08. The highest BCUT2D eigenvalue weighted by molar-refractivity contribution is 5.73. The van der Waals surface area contributed by atoms with Crippen LogP contribution in [0.5, 0.6) is 11.5 Å². The Hall–Kier alpha value is -3.54. The Bertz CT molecular complexity index is 1130. The minimum Gasteiger partial charge on any atom is -0.497 e. The van der Waals surface area contributed by atoms with Gasteiger partial charge in [-0.15, -0.1) is 0 Å². The first-order valence-corrected chi connectivity index (χ1v) is 9.60. The third kappa shape index (κ3) is 3.74. The van der Waals surface area contributed by atoms with E-state index < -0.39 is 0 Å². The third-order valence-electron chi connectivity index (χ3n) is 4.75. The van der Waals surface area contributed by atoms with Crippen molar-refractivity contribution in [3.8, 4) is 22.8 Å². The number of methoxy groups -OCH3 is 1. The lowest BCUT2D eigenvalue weighted by Crippen LogP contribution is -2.02. The summed E-state index contributed by atoms with van der Waals surface area (Å²) in [5.41, 5.74) is 5.69. The molecule has 0 spiro atoms. The molecule has 0 aliphatic rings. The quantitative estimate of drug-likeness (QED) is 0.494. The zero-order chi connectivity index (χ0) is 20.4. The zero-order valence-corrected chi connectivity index (χ0v) is 17.1. The predicted molar refractivity (Wildman–Crippen MR) is 115 cm³/mol. The van der Waals surface area contributed by atoms with Gasteiger partial charge in [-0.2, -0.15) is 9.61 Å². The molecule has 148 valence electrons. The highest BCUT2D eigenvalue weighted by Gasteiger charge is 2.15. The topological polar surface area (TPSA) is 60.7 Å². The number of ether oxygens (including phenoxy) is 2. The van der Waals surface area contributed by atoms with Crippen molar-refractivity contribution in [2.24, 2.45) is 0 Å². The Balaban J connectivity index is 1.74. The molecule has 0 saturated heterocycles. The summed E-state index contributed by atoms with van der Waals surface area (Å²) in [6.45, 7) is 6.67. The number of aryl methyl sites for hydroxylation is 2. The van der Waals surface area contributed by atoms with Crippen LogP contribution in [0.25, 0.3) is 16.9 Å². The number of hydrogen-bond donors (Lipinski definition) is 1. The maximum Gasteiger partial charge on any atom is 0.161 e. The van der Waals surface area contributed by atoms with E-state index in [0.29, 0.717) is 6.61 Å². The summed E-state index contributed by atoms with van der Waals surface area (Å²) in [5, 5.41) is 8.30. The van der Waals surface area contributed by atoms with Crippen molar-refractivity contribution in [2.45, 2.75) is 20.8 Å². The molecule has 2 aromatic heterocycles. The molecule has 0 aliphatic heterocycles. The van der Waals surface area contributed by atoms with Crippen molar-refractivity contribution in [2.75, 3.05) is 19.0 Å². The molecule has 0 aliphatic carbocycles. The molecule has 0 saturated carbocycles. The molecule has 29 heavy (non-hydrogen) atoms. The first-order valence-electron chi connectivity index (χ1n) is 9.60. The van der Waals surface area contributed by atoms with E-state index in [1.807, 2.05) is 73.0 Å². The molecule has 0 unspecified atom stereocenters. The molecule has 4 rings (SSSR count). The first-order chi connectivity index (χ1) is 14.1. The fraction of sp³-hybridized carbons (Fsp3) is 0.217. The van der Waals surface area contributed by atoms with E-state index in [-0.39, 0.29) is 0 Å². The number of anilines is 2. The van der Waals surface area contributed by atoms with Crippen molar-refractivity contribution >= 4 is 17.2 Å². The third-order valence-corrected chi connectivity index (χ3v) is 4.75. The van der Waals surface area contributed by atoms with Gasteiger partial charge in [0.1, 0.15) is 17.3 Å². The van der Waals surface area contributed by atoms with Gasteiger partial charge in [0.05, 0.1) is 19.4 Å². The fourth-order valence-corrected chi connectivity index (χ4v) is 3.31. The second-order valence-corrected chi connectivity index (χ2v) is 6.80. The lowest BCUT2D eigenvalue weighted by atomic mass is 10.1. The number of fused-ring (bicyclic) bond motifs is 1. The van der Waals surface area contributed by atoms with Gasteiger partial charge in [-0.3, -0.25) is 0 Å². The number of aromatic nitrogens is 3. The van der Waals surface area contributed by atoms with E-state index in [1.165, 1.54) is 0 Å². The molecule has 1 N–H and O–H groups in total. The summed E-state index contributed by atoms with van der Waals surface area (Å²) in [4.78, 5) is 4.71. The van der Waals surface area contributed by atoms with Gasteiger partial charge in [-0.1, -0.05) is 0 Å². The van der Waals surface area contributed by atoms with Gasteiger partial charge in [0.2, 0.25) is 0 Å². The van der Waals surface area contributed by atoms with Gasteiger partial charge in [0.15, 0.2) is 5.65 Å². The van der Waals surface area contributed by atoms with Gasteiger partial charge in [0.25, 0.3) is 0 Å². The summed E-state index contributed by atoms with van der Waals surface area (Å²) in [7, 11) is 1.66. The minimum atomic E-state index is 0.650. The second-order valence-electron chi connectivity index (χ2n) is 6.80. The molecular formula is C23H24N4O2. The van der Waals surface area contributed by atoms with Gasteiger partial charge >= 0.3 is 0 Å². The van der Waals surface area contributed by atoms with E-state index in [2.05, 4.69) is 12.2 Å². The number of hydrogen-bond acceptors (Lipinski definition) is 5. The number of nitrogens with one attached hydrogen (secondary N) is 1. The van der Waals surface area contributed by atoms with Crippen LogP contribution in [0.3, 0.4) is 0 Å². The standard InChI is InChI=1S/C23H24N4O2/c1-5-29-20-12-8-18(9-13-20)25-21-14-15(2)24-23-16(3)22(26-27(21)23)17-6-10-19(28-4)11-7-17/h6-14,25H,5H2,1-4H3. The minimum absolute atomic E-state index is 0.650. The summed E-state index contributed by atoms with van der Waals surface area (Å²) in [6, 6.07) is 17.8. The average Bonchev–Trinajstić information content (AvgIpc) is 3.06. The summed E-state index contributed by atoms with van der Waals surface area (Å²) in [6.07, 6.45) is 0. The molecule has 2 aromatic carbocycles. The average molecular weight is 388 g/mol. The summed E-state index contributed by atoms with van der Waals surface area (Å²) < 4.78 is 12.6. The van der Waals surface area contributed by atoms with Gasteiger partial charge < -0.3 is 14.8 Å². The van der Waals surface area contributed by atoms with Crippen LogP contribution in [0.15, 0.2) is 54.6 Å². The van der Waals surface area contributed by atoms with Crippen LogP contribution in [0.1, 0.15) is 18.2 Å². The van der Waals surface area contributed by atoms with E-state index in [4.69, 9.17) is 19.6 Å². The zero-order valence-electron chi connectivity index (χ0n) is 17.1. The van der Waals surface area contributed by atoms with Crippen molar-refractivity contribution in [1.82, 2.24) is 14.6 Å². The van der Waals surface area contributed by atoms with Crippen LogP contribution in [0, 0.1) is 13.8 Å². The van der Waals surface area contributed by atoms with Gasteiger partial charge in [0, 0.05) is 28.6 Å². The lowest BCUT2D eigenvalue weighted by molar-refractivity contribution is 0.340. The van der Waals surface area contributed by atoms with Crippen molar-refractivity contribution in [3.63, 3.8) is 0 Å². The number of rotatable bonds is 6. The molecule has 0 radical (unpaired) electrons. The number of benzene rings is 2. The number of nitrogens with zero attached hydrogens (tertiary/aromatic N) is 3. The summed E-state index contributed by atoms with van der Waals surface area (Å²) >= 11 is 0. The highest BCUT2D eigenvalue weighted by Crippen LogP contribution is 2.29. The van der Waals surface area contributed by atoms with Crippen molar-refractivity contribution in [1.29, 1.82) is 0 Å². The monoisotopic (exact) mass is 388 g/mol. The Labute approximate surface area is 170 Å². The van der Waals surface area contributed by atoms with E-state index >= 15 is 0 Å². The van der Waals surface area contributed by atoms with Crippen LogP contribution in [0.2, 0.25) is 0 Å². The fourth-order valence-electron chi connectivity index (χ4n) is 3.31. The van der Waals surface area contributed by atoms with E-state index in [0.717, 1.165) is 51.2 Å². The normalized spacial score (nSPS) is 10.9. The highest BCUT2D eigenvalue weighted by atomic mass is 16.5.